The number of ether oxygens (including phenoxy) is 1. The van der Waals surface area contributed by atoms with Crippen molar-refractivity contribution in [1.82, 2.24) is 4.90 Å². The van der Waals surface area contributed by atoms with Gasteiger partial charge in [0.15, 0.2) is 0 Å². The van der Waals surface area contributed by atoms with E-state index in [4.69, 9.17) is 16.3 Å². The maximum absolute atomic E-state index is 11.8. The fourth-order valence-electron chi connectivity index (χ4n) is 1.77. The summed E-state index contributed by atoms with van der Waals surface area (Å²) in [5, 5.41) is 0.00342. The molecule has 0 radical (unpaired) electrons. The number of halogens is 1. The van der Waals surface area contributed by atoms with E-state index in [1.54, 1.807) is 11.9 Å². The first-order valence-electron chi connectivity index (χ1n) is 5.01. The summed E-state index contributed by atoms with van der Waals surface area (Å²) in [5.74, 6) is 0.187. The van der Waals surface area contributed by atoms with E-state index >= 15 is 0 Å². The molecular formula is C10H18ClNO2. The van der Waals surface area contributed by atoms with Crippen LogP contribution in [-0.4, -0.2) is 42.5 Å². The summed E-state index contributed by atoms with van der Waals surface area (Å²) in [7, 11) is 1.80. The van der Waals surface area contributed by atoms with Crippen molar-refractivity contribution in [3.05, 3.63) is 0 Å². The first kappa shape index (κ1) is 11.8. The number of hydrogen-bond donors (Lipinski definition) is 0. The van der Waals surface area contributed by atoms with Crippen molar-refractivity contribution in [2.75, 3.05) is 20.2 Å². The van der Waals surface area contributed by atoms with Gasteiger partial charge in [0.25, 0.3) is 0 Å². The highest BCUT2D eigenvalue weighted by atomic mass is 35.5. The molecule has 1 heterocycles. The number of nitrogens with zero attached hydrogens (tertiary/aromatic N) is 1. The summed E-state index contributed by atoms with van der Waals surface area (Å²) >= 11 is 5.83. The molecule has 1 aliphatic rings. The van der Waals surface area contributed by atoms with Crippen LogP contribution in [0.25, 0.3) is 0 Å². The van der Waals surface area contributed by atoms with Gasteiger partial charge in [0.1, 0.15) is 0 Å². The van der Waals surface area contributed by atoms with Crippen LogP contribution in [0.3, 0.4) is 0 Å². The summed E-state index contributed by atoms with van der Waals surface area (Å²) in [6, 6.07) is 0. The molecule has 0 saturated carbocycles. The highest BCUT2D eigenvalue weighted by Gasteiger charge is 2.30. The molecule has 0 aliphatic carbocycles. The van der Waals surface area contributed by atoms with Crippen molar-refractivity contribution in [1.29, 1.82) is 0 Å². The van der Waals surface area contributed by atoms with Crippen LogP contribution in [0.1, 0.15) is 20.3 Å². The number of carbonyl (C=O) groups is 1. The number of alkyl halides is 1. The molecule has 3 unspecified atom stereocenters. The zero-order valence-corrected chi connectivity index (χ0v) is 9.75. The Morgan fingerprint density at radius 3 is 2.79 bits per heavy atom. The number of rotatable bonds is 3. The van der Waals surface area contributed by atoms with Gasteiger partial charge in [-0.2, -0.15) is 0 Å². The lowest BCUT2D eigenvalue weighted by molar-refractivity contribution is -0.134. The van der Waals surface area contributed by atoms with Crippen molar-refractivity contribution in [3.63, 3.8) is 0 Å². The summed E-state index contributed by atoms with van der Waals surface area (Å²) < 4.78 is 5.36. The van der Waals surface area contributed by atoms with Gasteiger partial charge in [-0.25, -0.2) is 0 Å². The maximum atomic E-state index is 11.8. The molecule has 1 saturated heterocycles. The van der Waals surface area contributed by atoms with Crippen LogP contribution in [0.2, 0.25) is 0 Å². The smallest absolute Gasteiger partial charge is 0.227 e. The van der Waals surface area contributed by atoms with Crippen molar-refractivity contribution < 1.29 is 9.53 Å². The Balaban J connectivity index is 2.40. The van der Waals surface area contributed by atoms with Crippen LogP contribution in [0.4, 0.5) is 0 Å². The maximum Gasteiger partial charge on any atom is 0.227 e. The number of amides is 1. The molecule has 0 aromatic rings. The number of carbonyl (C=O) groups excluding carboxylic acids is 1. The van der Waals surface area contributed by atoms with Crippen LogP contribution in [-0.2, 0) is 9.53 Å². The lowest BCUT2D eigenvalue weighted by Crippen LogP contribution is -2.36. The fraction of sp³-hybridized carbons (Fsp3) is 0.900. The molecule has 82 valence electrons. The van der Waals surface area contributed by atoms with Crippen molar-refractivity contribution in [2.24, 2.45) is 5.92 Å². The molecule has 3 nitrogen and oxygen atoms in total. The van der Waals surface area contributed by atoms with Gasteiger partial charge in [-0.05, 0) is 20.3 Å². The largest absolute Gasteiger partial charge is 0.378 e. The van der Waals surface area contributed by atoms with Crippen LogP contribution >= 0.6 is 11.6 Å². The molecule has 14 heavy (non-hydrogen) atoms. The first-order chi connectivity index (χ1) is 6.50. The third-order valence-electron chi connectivity index (χ3n) is 2.45. The Labute approximate surface area is 90.4 Å². The predicted molar refractivity (Wildman–Crippen MR) is 56.5 cm³/mol. The molecular weight excluding hydrogens is 202 g/mol. The minimum atomic E-state index is 0.00342. The molecule has 0 aromatic carbocycles. The Morgan fingerprint density at radius 1 is 1.71 bits per heavy atom. The fourth-order valence-corrected chi connectivity index (χ4v) is 1.98. The lowest BCUT2D eigenvalue weighted by atomic mass is 10.1. The third kappa shape index (κ3) is 3.14. The van der Waals surface area contributed by atoms with Gasteiger partial charge < -0.3 is 9.64 Å². The van der Waals surface area contributed by atoms with Crippen molar-refractivity contribution in [2.45, 2.75) is 31.7 Å². The molecule has 1 aliphatic heterocycles. The number of hydrogen-bond acceptors (Lipinski definition) is 2. The van der Waals surface area contributed by atoms with Gasteiger partial charge in [0.2, 0.25) is 5.91 Å². The molecule has 3 atom stereocenters. The molecule has 0 spiro atoms. The summed E-state index contributed by atoms with van der Waals surface area (Å²) in [5.41, 5.74) is 0. The third-order valence-corrected chi connectivity index (χ3v) is 2.59. The summed E-state index contributed by atoms with van der Waals surface area (Å²) in [4.78, 5) is 13.5. The van der Waals surface area contributed by atoms with Gasteiger partial charge in [-0.3, -0.25) is 4.79 Å². The Kier molecular flexibility index (Phi) is 4.20. The average Bonchev–Trinajstić information content (AvgIpc) is 2.49. The molecule has 0 aromatic heterocycles. The monoisotopic (exact) mass is 219 g/mol. The van der Waals surface area contributed by atoms with Gasteiger partial charge in [-0.1, -0.05) is 0 Å². The zero-order valence-electron chi connectivity index (χ0n) is 9.00. The van der Waals surface area contributed by atoms with Crippen LogP contribution in [0.15, 0.2) is 0 Å². The van der Waals surface area contributed by atoms with Crippen molar-refractivity contribution in [3.8, 4) is 0 Å². The summed E-state index contributed by atoms with van der Waals surface area (Å²) in [6.07, 6.45) is 1.05. The van der Waals surface area contributed by atoms with E-state index in [0.717, 1.165) is 6.42 Å². The van der Waals surface area contributed by atoms with Crippen molar-refractivity contribution >= 4 is 17.5 Å². The lowest BCUT2D eigenvalue weighted by Gasteiger charge is -2.21. The standard InChI is InChI=1S/C10H18ClNO2/c1-7(11)5-12(3)10(13)9-4-8(2)14-6-9/h7-9H,4-6H2,1-3H3. The molecule has 0 bridgehead atoms. The summed E-state index contributed by atoms with van der Waals surface area (Å²) in [6.45, 7) is 5.04. The molecule has 1 amide bonds. The predicted octanol–water partition coefficient (Wildman–Crippen LogP) is 1.50. The van der Waals surface area contributed by atoms with Crippen LogP contribution in [0, 0.1) is 5.92 Å². The highest BCUT2D eigenvalue weighted by molar-refractivity contribution is 6.20. The SMILES string of the molecule is CC(Cl)CN(C)C(=O)C1COC(C)C1. The zero-order chi connectivity index (χ0) is 10.7. The van der Waals surface area contributed by atoms with E-state index in [2.05, 4.69) is 0 Å². The highest BCUT2D eigenvalue weighted by Crippen LogP contribution is 2.20. The molecule has 1 rings (SSSR count). The minimum absolute atomic E-state index is 0.00342. The average molecular weight is 220 g/mol. The van der Waals surface area contributed by atoms with Crippen LogP contribution < -0.4 is 0 Å². The second-order valence-corrected chi connectivity index (χ2v) is 4.82. The van der Waals surface area contributed by atoms with E-state index in [1.165, 1.54) is 0 Å². The molecule has 4 heteroatoms. The van der Waals surface area contributed by atoms with Gasteiger partial charge >= 0.3 is 0 Å². The molecule has 0 N–H and O–H groups in total. The Bertz CT molecular complexity index is 208. The van der Waals surface area contributed by atoms with E-state index in [1.807, 2.05) is 13.8 Å². The van der Waals surface area contributed by atoms with Gasteiger partial charge in [0.05, 0.1) is 18.6 Å². The quantitative estimate of drug-likeness (QED) is 0.674. The second-order valence-electron chi connectivity index (χ2n) is 4.08. The normalized spacial score (nSPS) is 28.9. The molecule has 1 fully saturated rings. The van der Waals surface area contributed by atoms with E-state index in [0.29, 0.717) is 13.2 Å². The Morgan fingerprint density at radius 2 is 2.36 bits per heavy atom. The van der Waals surface area contributed by atoms with Crippen LogP contribution in [0.5, 0.6) is 0 Å². The second kappa shape index (κ2) is 4.99. The van der Waals surface area contributed by atoms with E-state index in [9.17, 15) is 4.79 Å². The first-order valence-corrected chi connectivity index (χ1v) is 5.45. The van der Waals surface area contributed by atoms with Gasteiger partial charge in [0, 0.05) is 19.0 Å². The minimum Gasteiger partial charge on any atom is -0.378 e. The Hall–Kier alpha value is -0.280. The van der Waals surface area contributed by atoms with Gasteiger partial charge in [-0.15, -0.1) is 11.6 Å². The van der Waals surface area contributed by atoms with E-state index < -0.39 is 0 Å². The topological polar surface area (TPSA) is 29.5 Å². The van der Waals surface area contributed by atoms with E-state index in [-0.39, 0.29) is 23.3 Å².